The molecule has 1 amide bonds. The van der Waals surface area contributed by atoms with Crippen molar-refractivity contribution in [1.82, 2.24) is 15.1 Å². The Morgan fingerprint density at radius 3 is 2.45 bits per heavy atom. The molecule has 0 aliphatic rings. The van der Waals surface area contributed by atoms with E-state index in [-0.39, 0.29) is 21.7 Å². The van der Waals surface area contributed by atoms with Gasteiger partial charge in [0.1, 0.15) is 6.34 Å². The van der Waals surface area contributed by atoms with Gasteiger partial charge in [-0.05, 0) is 24.3 Å². The number of anilines is 2. The Bertz CT molecular complexity index is 1090. The Balaban J connectivity index is 1.91. The van der Waals surface area contributed by atoms with Crippen molar-refractivity contribution in [3.8, 4) is 0 Å². The number of amides is 1. The predicted molar refractivity (Wildman–Crippen MR) is 114 cm³/mol. The van der Waals surface area contributed by atoms with Crippen molar-refractivity contribution in [2.45, 2.75) is 9.24 Å². The molecule has 0 atom stereocenters. The maximum absolute atomic E-state index is 12.0. The van der Waals surface area contributed by atoms with E-state index >= 15 is 0 Å². The number of benzene rings is 1. The fourth-order valence-corrected chi connectivity index (χ4v) is 5.02. The molecule has 2 aromatic rings. The zero-order chi connectivity index (χ0) is 21.7. The van der Waals surface area contributed by atoms with E-state index in [1.165, 1.54) is 35.5 Å². The van der Waals surface area contributed by atoms with Crippen LogP contribution in [-0.2, 0) is 24.8 Å². The number of carbonyl (C=O) groups excluding carboxylic acids is 1. The van der Waals surface area contributed by atoms with E-state index in [9.17, 15) is 21.6 Å². The van der Waals surface area contributed by atoms with Crippen LogP contribution in [0.5, 0.6) is 0 Å². The molecule has 2 N–H and O–H groups in total. The number of aromatic nitrogens is 2. The van der Waals surface area contributed by atoms with Gasteiger partial charge in [-0.25, -0.2) is 8.42 Å². The highest BCUT2D eigenvalue weighted by Gasteiger charge is 2.13. The Hall–Kier alpha value is -2.23. The van der Waals surface area contributed by atoms with Gasteiger partial charge in [0.2, 0.25) is 21.1 Å². The van der Waals surface area contributed by atoms with Crippen molar-refractivity contribution in [3.63, 3.8) is 0 Å². The van der Waals surface area contributed by atoms with Crippen molar-refractivity contribution in [2.75, 3.05) is 36.1 Å². The lowest BCUT2D eigenvalue weighted by molar-refractivity contribution is -0.113. The van der Waals surface area contributed by atoms with Crippen LogP contribution in [0.4, 0.5) is 10.8 Å². The van der Waals surface area contributed by atoms with E-state index < -0.39 is 20.0 Å². The maximum Gasteiger partial charge on any atom is 0.283 e. The van der Waals surface area contributed by atoms with Gasteiger partial charge in [-0.15, -0.1) is 14.6 Å². The van der Waals surface area contributed by atoms with Crippen molar-refractivity contribution in [2.24, 2.45) is 4.40 Å². The summed E-state index contributed by atoms with van der Waals surface area (Å²) in [5.41, 5.74) is 0.419. The number of rotatable bonds is 9. The van der Waals surface area contributed by atoms with Crippen molar-refractivity contribution in [3.05, 3.63) is 24.3 Å². The fraction of sp³-hybridized carbons (Fsp3) is 0.286. The van der Waals surface area contributed by atoms with Gasteiger partial charge in [0.15, 0.2) is 4.34 Å². The zero-order valence-corrected chi connectivity index (χ0v) is 18.8. The Morgan fingerprint density at radius 2 is 1.86 bits per heavy atom. The minimum absolute atomic E-state index is 0.00254. The first-order chi connectivity index (χ1) is 13.4. The highest BCUT2D eigenvalue weighted by Crippen LogP contribution is 2.26. The van der Waals surface area contributed by atoms with Gasteiger partial charge in [0.25, 0.3) is 10.0 Å². The summed E-state index contributed by atoms with van der Waals surface area (Å²) in [5, 5.41) is 10.2. The molecule has 1 heterocycles. The first-order valence-electron chi connectivity index (χ1n) is 7.75. The Labute approximate surface area is 176 Å². The molecule has 0 aliphatic heterocycles. The van der Waals surface area contributed by atoms with Gasteiger partial charge in [-0.1, -0.05) is 23.1 Å². The van der Waals surface area contributed by atoms with Crippen LogP contribution in [0, 0.1) is 0 Å². The lowest BCUT2D eigenvalue weighted by Gasteiger charge is -2.06. The summed E-state index contributed by atoms with van der Waals surface area (Å²) in [7, 11) is -3.95. The van der Waals surface area contributed by atoms with Gasteiger partial charge in [0, 0.05) is 19.8 Å². The average molecular weight is 479 g/mol. The zero-order valence-electron chi connectivity index (χ0n) is 15.6. The lowest BCUT2D eigenvalue weighted by Crippen LogP contribution is -2.14. The average Bonchev–Trinajstić information content (AvgIpc) is 3.04. The molecule has 1 aromatic heterocycles. The number of nitrogens with zero attached hydrogens (tertiary/aromatic N) is 4. The summed E-state index contributed by atoms with van der Waals surface area (Å²) in [4.78, 5) is 13.6. The van der Waals surface area contributed by atoms with Gasteiger partial charge >= 0.3 is 0 Å². The largest absolute Gasteiger partial charge is 0.368 e. The topological polar surface area (TPSA) is 151 Å². The van der Waals surface area contributed by atoms with Gasteiger partial charge in [-0.3, -0.25) is 9.52 Å². The van der Waals surface area contributed by atoms with Crippen molar-refractivity contribution >= 4 is 66.2 Å². The van der Waals surface area contributed by atoms with E-state index in [4.69, 9.17) is 0 Å². The van der Waals surface area contributed by atoms with Crippen LogP contribution in [0.15, 0.2) is 37.9 Å². The molecule has 0 bridgehead atoms. The summed E-state index contributed by atoms with van der Waals surface area (Å²) in [5.74, 6) is -0.329. The number of thioether (sulfide) groups is 1. The summed E-state index contributed by atoms with van der Waals surface area (Å²) in [6, 6.07) is 5.61. The van der Waals surface area contributed by atoms with Gasteiger partial charge < -0.3 is 10.2 Å². The third-order valence-electron chi connectivity index (χ3n) is 2.86. The molecular formula is C14H18N6O5S4. The molecular weight excluding hydrogens is 460 g/mol. The molecule has 1 aromatic carbocycles. The summed E-state index contributed by atoms with van der Waals surface area (Å²) >= 11 is 2.10. The Morgan fingerprint density at radius 1 is 1.21 bits per heavy atom. The van der Waals surface area contributed by atoms with Gasteiger partial charge in [0.05, 0.1) is 16.9 Å². The van der Waals surface area contributed by atoms with Crippen LogP contribution in [0.3, 0.4) is 0 Å². The third kappa shape index (κ3) is 7.96. The van der Waals surface area contributed by atoms with Crippen LogP contribution >= 0.6 is 23.1 Å². The summed E-state index contributed by atoms with van der Waals surface area (Å²) < 4.78 is 52.5. The van der Waals surface area contributed by atoms with E-state index in [0.717, 1.165) is 29.4 Å². The highest BCUT2D eigenvalue weighted by atomic mass is 32.2. The van der Waals surface area contributed by atoms with Crippen LogP contribution in [0.1, 0.15) is 0 Å². The molecule has 15 heteroatoms. The normalized spacial score (nSPS) is 12.1. The molecule has 0 radical (unpaired) electrons. The molecule has 158 valence electrons. The molecule has 29 heavy (non-hydrogen) atoms. The smallest absolute Gasteiger partial charge is 0.283 e. The number of nitrogens with one attached hydrogen (secondary N) is 2. The first kappa shape index (κ1) is 23.1. The molecule has 0 aliphatic carbocycles. The standard InChI is InChI=1S/C14H18N6O5S4/c1-20(2)9-15-29(24,25)11-6-4-10(5-7-11)16-12(21)8-26-14-18-17-13(27-14)19-28(3,22)23/h4-7,9H,8H2,1-3H3,(H,16,21)(H,17,19)/b15-9+. The second-order valence-corrected chi connectivity index (χ2v) is 11.3. The molecule has 0 saturated heterocycles. The first-order valence-corrected chi connectivity index (χ1v) is 12.9. The van der Waals surface area contributed by atoms with E-state index in [0.29, 0.717) is 10.0 Å². The number of hydrogen-bond acceptors (Lipinski definition) is 9. The molecule has 0 saturated carbocycles. The second kappa shape index (κ2) is 9.51. The van der Waals surface area contributed by atoms with E-state index in [1.807, 2.05) is 0 Å². The lowest BCUT2D eigenvalue weighted by atomic mass is 10.3. The van der Waals surface area contributed by atoms with Crippen LogP contribution in [0.25, 0.3) is 0 Å². The number of hydrogen-bond donors (Lipinski definition) is 2. The summed E-state index contributed by atoms with van der Waals surface area (Å²) in [6.07, 6.45) is 2.19. The van der Waals surface area contributed by atoms with Gasteiger partial charge in [-0.2, -0.15) is 8.42 Å². The monoisotopic (exact) mass is 478 g/mol. The molecule has 0 spiro atoms. The van der Waals surface area contributed by atoms with Crippen LogP contribution in [-0.4, -0.2) is 70.3 Å². The van der Waals surface area contributed by atoms with Crippen LogP contribution in [0.2, 0.25) is 0 Å². The van der Waals surface area contributed by atoms with E-state index in [2.05, 4.69) is 24.6 Å². The maximum atomic E-state index is 12.0. The highest BCUT2D eigenvalue weighted by molar-refractivity contribution is 8.01. The number of carbonyl (C=O) groups is 1. The third-order valence-corrected chi connectivity index (χ3v) is 6.76. The van der Waals surface area contributed by atoms with E-state index in [1.54, 1.807) is 14.1 Å². The van der Waals surface area contributed by atoms with Crippen LogP contribution < -0.4 is 10.0 Å². The second-order valence-electron chi connectivity index (χ2n) is 5.77. The Kier molecular flexibility index (Phi) is 7.56. The molecule has 2 rings (SSSR count). The number of sulfonamides is 2. The quantitative estimate of drug-likeness (QED) is 0.304. The molecule has 11 nitrogen and oxygen atoms in total. The molecule has 0 fully saturated rings. The molecule has 0 unspecified atom stereocenters. The minimum Gasteiger partial charge on any atom is -0.368 e. The predicted octanol–water partition coefficient (Wildman–Crippen LogP) is 0.919. The fourth-order valence-electron chi connectivity index (χ4n) is 1.72. The minimum atomic E-state index is -3.81. The summed E-state index contributed by atoms with van der Waals surface area (Å²) in [6.45, 7) is 0. The van der Waals surface area contributed by atoms with Crippen molar-refractivity contribution in [1.29, 1.82) is 0 Å². The SMILES string of the molecule is CN(C)/C=N/S(=O)(=O)c1ccc(NC(=O)CSc2nnc(NS(C)(=O)=O)s2)cc1. The van der Waals surface area contributed by atoms with Crippen molar-refractivity contribution < 1.29 is 21.6 Å².